The molecule has 0 heterocycles. The summed E-state index contributed by atoms with van der Waals surface area (Å²) in [6.45, 7) is 6.46. The Bertz CT molecular complexity index is 333. The highest BCUT2D eigenvalue weighted by Gasteiger charge is 2.11. The minimum absolute atomic E-state index is 0.873. The zero-order valence-electron chi connectivity index (χ0n) is 11.3. The molecule has 1 aromatic rings. The number of benzene rings is 1. The molecule has 0 radical (unpaired) electrons. The third-order valence-electron chi connectivity index (χ3n) is 2.71. The maximum Gasteiger partial charge on any atom is 0.142 e. The number of ether oxygens (including phenoxy) is 2. The smallest absolute Gasteiger partial charge is 0.142 e. The minimum atomic E-state index is 0.873. The van der Waals surface area contributed by atoms with Gasteiger partial charge in [0.15, 0.2) is 0 Å². The van der Waals surface area contributed by atoms with Crippen molar-refractivity contribution in [1.29, 1.82) is 0 Å². The van der Waals surface area contributed by atoms with Gasteiger partial charge in [-0.2, -0.15) is 0 Å². The summed E-state index contributed by atoms with van der Waals surface area (Å²) in [4.78, 5) is 2.35. The molecule has 3 nitrogen and oxygen atoms in total. The molecule has 0 aliphatic heterocycles. The molecule has 1 rings (SSSR count). The van der Waals surface area contributed by atoms with E-state index in [0.29, 0.717) is 0 Å². The van der Waals surface area contributed by atoms with E-state index in [1.165, 1.54) is 0 Å². The standard InChI is InChI=1S/C14H23NO2/c1-5-9-15(10-6-2)13-11-12(16-3)7-8-14(13)17-4/h7-8,11H,5-6,9-10H2,1-4H3. The lowest BCUT2D eigenvalue weighted by molar-refractivity contribution is 0.402. The van der Waals surface area contributed by atoms with Crippen molar-refractivity contribution in [2.75, 3.05) is 32.2 Å². The van der Waals surface area contributed by atoms with Crippen molar-refractivity contribution in [2.24, 2.45) is 0 Å². The van der Waals surface area contributed by atoms with E-state index in [1.807, 2.05) is 18.2 Å². The van der Waals surface area contributed by atoms with E-state index in [4.69, 9.17) is 9.47 Å². The first kappa shape index (κ1) is 13.7. The SMILES string of the molecule is CCCN(CCC)c1cc(OC)ccc1OC. The molecule has 0 spiro atoms. The van der Waals surface area contributed by atoms with Gasteiger partial charge in [0.25, 0.3) is 0 Å². The topological polar surface area (TPSA) is 21.7 Å². The van der Waals surface area contributed by atoms with Crippen LogP contribution in [0.15, 0.2) is 18.2 Å². The first-order valence-corrected chi connectivity index (χ1v) is 6.23. The summed E-state index contributed by atoms with van der Waals surface area (Å²) in [5.41, 5.74) is 1.12. The van der Waals surface area contributed by atoms with Crippen LogP contribution in [0.25, 0.3) is 0 Å². The Balaban J connectivity index is 3.04. The van der Waals surface area contributed by atoms with Crippen LogP contribution in [0.4, 0.5) is 5.69 Å². The average molecular weight is 237 g/mol. The van der Waals surface area contributed by atoms with Gasteiger partial charge in [-0.3, -0.25) is 0 Å². The molecule has 0 saturated heterocycles. The van der Waals surface area contributed by atoms with E-state index in [9.17, 15) is 0 Å². The van der Waals surface area contributed by atoms with Crippen LogP contribution in [0.2, 0.25) is 0 Å². The fourth-order valence-corrected chi connectivity index (χ4v) is 1.94. The normalized spacial score (nSPS) is 10.1. The molecular weight excluding hydrogens is 214 g/mol. The zero-order chi connectivity index (χ0) is 12.7. The summed E-state index contributed by atoms with van der Waals surface area (Å²) in [6, 6.07) is 5.94. The predicted molar refractivity (Wildman–Crippen MR) is 72.3 cm³/mol. The van der Waals surface area contributed by atoms with Crippen molar-refractivity contribution in [3.63, 3.8) is 0 Å². The van der Waals surface area contributed by atoms with Crippen LogP contribution in [0.3, 0.4) is 0 Å². The summed E-state index contributed by atoms with van der Waals surface area (Å²) in [6.07, 6.45) is 2.25. The quantitative estimate of drug-likeness (QED) is 0.726. The molecule has 1 aromatic carbocycles. The number of hydrogen-bond acceptors (Lipinski definition) is 3. The summed E-state index contributed by atoms with van der Waals surface area (Å²) in [5.74, 6) is 1.78. The van der Waals surface area contributed by atoms with Gasteiger partial charge in [-0.05, 0) is 25.0 Å². The highest BCUT2D eigenvalue weighted by atomic mass is 16.5. The first-order valence-electron chi connectivity index (χ1n) is 6.23. The van der Waals surface area contributed by atoms with Crippen molar-refractivity contribution in [3.05, 3.63) is 18.2 Å². The highest BCUT2D eigenvalue weighted by Crippen LogP contribution is 2.32. The fraction of sp³-hybridized carbons (Fsp3) is 0.571. The second-order valence-corrected chi connectivity index (χ2v) is 4.02. The number of nitrogens with zero attached hydrogens (tertiary/aromatic N) is 1. The van der Waals surface area contributed by atoms with E-state index < -0.39 is 0 Å². The van der Waals surface area contributed by atoms with Crippen molar-refractivity contribution < 1.29 is 9.47 Å². The molecule has 0 aliphatic rings. The Morgan fingerprint density at radius 2 is 1.65 bits per heavy atom. The summed E-state index contributed by atoms with van der Waals surface area (Å²) >= 11 is 0. The molecule has 0 bridgehead atoms. The minimum Gasteiger partial charge on any atom is -0.497 e. The van der Waals surface area contributed by atoms with Gasteiger partial charge in [-0.1, -0.05) is 13.8 Å². The molecule has 0 atom stereocenters. The lowest BCUT2D eigenvalue weighted by Gasteiger charge is -2.26. The van der Waals surface area contributed by atoms with Gasteiger partial charge in [-0.15, -0.1) is 0 Å². The molecule has 0 amide bonds. The van der Waals surface area contributed by atoms with Crippen LogP contribution in [0.1, 0.15) is 26.7 Å². The Hall–Kier alpha value is -1.38. The number of hydrogen-bond donors (Lipinski definition) is 0. The molecule has 0 aliphatic carbocycles. The Morgan fingerprint density at radius 3 is 2.12 bits per heavy atom. The maximum atomic E-state index is 5.42. The molecule has 0 fully saturated rings. The Labute approximate surface area is 104 Å². The van der Waals surface area contributed by atoms with Gasteiger partial charge in [0.1, 0.15) is 11.5 Å². The number of methoxy groups -OCH3 is 2. The van der Waals surface area contributed by atoms with Crippen LogP contribution in [0.5, 0.6) is 11.5 Å². The lowest BCUT2D eigenvalue weighted by atomic mass is 10.2. The maximum absolute atomic E-state index is 5.42. The van der Waals surface area contributed by atoms with Crippen LogP contribution in [-0.2, 0) is 0 Å². The third-order valence-corrected chi connectivity index (χ3v) is 2.71. The van der Waals surface area contributed by atoms with Crippen molar-refractivity contribution in [1.82, 2.24) is 0 Å². The first-order chi connectivity index (χ1) is 8.26. The van der Waals surface area contributed by atoms with Gasteiger partial charge >= 0.3 is 0 Å². The largest absolute Gasteiger partial charge is 0.497 e. The van der Waals surface area contributed by atoms with Gasteiger partial charge in [0.2, 0.25) is 0 Å². The van der Waals surface area contributed by atoms with E-state index in [2.05, 4.69) is 18.7 Å². The van der Waals surface area contributed by atoms with Crippen LogP contribution in [-0.4, -0.2) is 27.3 Å². The number of rotatable bonds is 7. The van der Waals surface area contributed by atoms with Crippen LogP contribution in [0, 0.1) is 0 Å². The second kappa shape index (κ2) is 7.05. The van der Waals surface area contributed by atoms with Crippen LogP contribution < -0.4 is 14.4 Å². The second-order valence-electron chi connectivity index (χ2n) is 4.02. The van der Waals surface area contributed by atoms with Gasteiger partial charge in [0, 0.05) is 19.2 Å². The van der Waals surface area contributed by atoms with Gasteiger partial charge < -0.3 is 14.4 Å². The summed E-state index contributed by atoms with van der Waals surface area (Å²) in [5, 5.41) is 0. The molecule has 0 unspecified atom stereocenters. The van der Waals surface area contributed by atoms with Crippen LogP contribution >= 0.6 is 0 Å². The zero-order valence-corrected chi connectivity index (χ0v) is 11.3. The molecular formula is C14H23NO2. The molecule has 0 N–H and O–H groups in total. The highest BCUT2D eigenvalue weighted by molar-refractivity contribution is 5.61. The van der Waals surface area contributed by atoms with Crippen molar-refractivity contribution in [3.8, 4) is 11.5 Å². The Morgan fingerprint density at radius 1 is 1.00 bits per heavy atom. The average Bonchev–Trinajstić information content (AvgIpc) is 2.37. The predicted octanol–water partition coefficient (Wildman–Crippen LogP) is 3.33. The van der Waals surface area contributed by atoms with Gasteiger partial charge in [-0.25, -0.2) is 0 Å². The van der Waals surface area contributed by atoms with E-state index in [1.54, 1.807) is 14.2 Å². The van der Waals surface area contributed by atoms with Crippen molar-refractivity contribution >= 4 is 5.69 Å². The van der Waals surface area contributed by atoms with Crippen molar-refractivity contribution in [2.45, 2.75) is 26.7 Å². The molecule has 0 aromatic heterocycles. The lowest BCUT2D eigenvalue weighted by Crippen LogP contribution is -2.25. The fourth-order valence-electron chi connectivity index (χ4n) is 1.94. The van der Waals surface area contributed by atoms with E-state index >= 15 is 0 Å². The number of anilines is 1. The molecule has 0 saturated carbocycles. The van der Waals surface area contributed by atoms with E-state index in [-0.39, 0.29) is 0 Å². The monoisotopic (exact) mass is 237 g/mol. The molecule has 17 heavy (non-hydrogen) atoms. The Kier molecular flexibility index (Phi) is 5.67. The molecule has 3 heteroatoms. The third kappa shape index (κ3) is 3.55. The van der Waals surface area contributed by atoms with Gasteiger partial charge in [0.05, 0.1) is 19.9 Å². The molecule has 96 valence electrons. The van der Waals surface area contributed by atoms with E-state index in [0.717, 1.165) is 43.1 Å². The summed E-state index contributed by atoms with van der Waals surface area (Å²) < 4.78 is 10.7. The summed E-state index contributed by atoms with van der Waals surface area (Å²) in [7, 11) is 3.40.